The SMILES string of the molecule is c1ccc(-c2cc(-c3ccc(-c4ccc5[nH]c6ccc(-c7ccc(-c8cc(-c9ccccn9)nc(-c9ccccn9)c8)cc7)cc6c5c4)cc3)cc(-c3ccccn3)n2)nc1. The van der Waals surface area contributed by atoms with E-state index in [2.05, 4.69) is 134 Å². The average Bonchev–Trinajstić information content (AvgIpc) is 3.72. The Bertz CT molecular complexity index is 2970. The Morgan fingerprint density at radius 3 is 0.836 bits per heavy atom. The normalized spacial score (nSPS) is 11.3. The molecule has 0 aliphatic rings. The minimum Gasteiger partial charge on any atom is -0.355 e. The summed E-state index contributed by atoms with van der Waals surface area (Å²) in [5.74, 6) is 0. The zero-order valence-electron chi connectivity index (χ0n) is 32.8. The third-order valence-electron chi connectivity index (χ3n) is 11.1. The van der Waals surface area contributed by atoms with Crippen LogP contribution in [0.4, 0.5) is 0 Å². The van der Waals surface area contributed by atoms with Gasteiger partial charge in [0.25, 0.3) is 0 Å². The third-order valence-corrected chi connectivity index (χ3v) is 11.1. The lowest BCUT2D eigenvalue weighted by molar-refractivity contribution is 1.22. The Morgan fingerprint density at radius 2 is 0.541 bits per heavy atom. The van der Waals surface area contributed by atoms with Gasteiger partial charge in [-0.15, -0.1) is 0 Å². The first kappa shape index (κ1) is 35.7. The minimum absolute atomic E-state index is 0.807. The second kappa shape index (κ2) is 15.4. The summed E-state index contributed by atoms with van der Waals surface area (Å²) in [7, 11) is 0. The summed E-state index contributed by atoms with van der Waals surface area (Å²) in [5.41, 5.74) is 17.6. The molecule has 7 heteroatoms. The number of hydrogen-bond acceptors (Lipinski definition) is 6. The number of benzene rings is 4. The van der Waals surface area contributed by atoms with Gasteiger partial charge < -0.3 is 4.98 Å². The van der Waals surface area contributed by atoms with Crippen LogP contribution in [-0.4, -0.2) is 34.9 Å². The first-order valence-electron chi connectivity index (χ1n) is 20.2. The lowest BCUT2D eigenvalue weighted by Gasteiger charge is -2.10. The van der Waals surface area contributed by atoms with Crippen LogP contribution >= 0.6 is 0 Å². The molecule has 0 aliphatic heterocycles. The summed E-state index contributed by atoms with van der Waals surface area (Å²) in [6, 6.07) is 62.8. The maximum Gasteiger partial charge on any atom is 0.0900 e. The monoisotopic (exact) mass is 781 g/mol. The summed E-state index contributed by atoms with van der Waals surface area (Å²) >= 11 is 0. The van der Waals surface area contributed by atoms with E-state index in [4.69, 9.17) is 9.97 Å². The maximum absolute atomic E-state index is 4.95. The molecule has 7 heterocycles. The van der Waals surface area contributed by atoms with Crippen LogP contribution in [-0.2, 0) is 0 Å². The van der Waals surface area contributed by atoms with E-state index in [1.165, 1.54) is 10.8 Å². The Hall–Kier alpha value is -8.42. The summed E-state index contributed by atoms with van der Waals surface area (Å²) in [6.45, 7) is 0. The third kappa shape index (κ3) is 7.11. The fraction of sp³-hybridized carbons (Fsp3) is 0. The number of aromatic amines is 1. The standard InChI is InChI=1S/C54H35N7/c1-5-25-55-47(9-1)51-31-41(32-52(60-51)48-10-2-6-26-56-48)37-17-13-35(14-18-37)39-21-23-45-43(29-39)44-30-40(22-24-46(44)59-45)36-15-19-38(20-16-36)42-33-53(49-11-3-7-27-57-49)61-54(34-42)50-12-4-8-28-58-50/h1-34,59H. The summed E-state index contributed by atoms with van der Waals surface area (Å²) in [4.78, 5) is 31.9. The summed E-state index contributed by atoms with van der Waals surface area (Å²) in [5, 5.41) is 2.37. The molecular weight excluding hydrogens is 747 g/mol. The molecule has 11 rings (SSSR count). The molecule has 0 atom stereocenters. The van der Waals surface area contributed by atoms with Crippen molar-refractivity contribution in [1.82, 2.24) is 34.9 Å². The number of nitrogens with zero attached hydrogens (tertiary/aromatic N) is 6. The topological polar surface area (TPSA) is 93.1 Å². The van der Waals surface area contributed by atoms with Gasteiger partial charge in [0.05, 0.1) is 45.6 Å². The molecule has 11 aromatic rings. The van der Waals surface area contributed by atoms with Crippen LogP contribution in [0.5, 0.6) is 0 Å². The molecule has 0 saturated carbocycles. The van der Waals surface area contributed by atoms with Gasteiger partial charge in [0.2, 0.25) is 0 Å². The van der Waals surface area contributed by atoms with Gasteiger partial charge in [0.15, 0.2) is 0 Å². The number of H-pyrrole nitrogens is 1. The van der Waals surface area contributed by atoms with Gasteiger partial charge in [-0.05, 0) is 142 Å². The van der Waals surface area contributed by atoms with E-state index in [0.29, 0.717) is 0 Å². The highest BCUT2D eigenvalue weighted by molar-refractivity contribution is 6.09. The van der Waals surface area contributed by atoms with Gasteiger partial charge in [-0.1, -0.05) is 84.9 Å². The smallest absolute Gasteiger partial charge is 0.0900 e. The lowest BCUT2D eigenvalue weighted by atomic mass is 9.97. The molecule has 1 N–H and O–H groups in total. The van der Waals surface area contributed by atoms with Crippen LogP contribution in [0.3, 0.4) is 0 Å². The summed E-state index contributed by atoms with van der Waals surface area (Å²) in [6.07, 6.45) is 7.19. The van der Waals surface area contributed by atoms with Crippen molar-refractivity contribution in [2.24, 2.45) is 0 Å². The van der Waals surface area contributed by atoms with Crippen molar-refractivity contribution < 1.29 is 0 Å². The first-order valence-corrected chi connectivity index (χ1v) is 20.2. The Labute approximate surface area is 352 Å². The molecule has 0 aliphatic carbocycles. The lowest BCUT2D eigenvalue weighted by Crippen LogP contribution is -1.93. The zero-order valence-corrected chi connectivity index (χ0v) is 32.8. The molecular formula is C54H35N7. The molecule has 0 spiro atoms. The van der Waals surface area contributed by atoms with E-state index in [9.17, 15) is 0 Å². The molecule has 0 unspecified atom stereocenters. The second-order valence-corrected chi connectivity index (χ2v) is 14.9. The van der Waals surface area contributed by atoms with E-state index in [1.54, 1.807) is 24.8 Å². The predicted octanol–water partition coefficient (Wildman–Crippen LogP) is 13.0. The average molecular weight is 782 g/mol. The Kier molecular flexibility index (Phi) is 9.02. The second-order valence-electron chi connectivity index (χ2n) is 14.9. The van der Waals surface area contributed by atoms with Crippen molar-refractivity contribution in [3.63, 3.8) is 0 Å². The van der Waals surface area contributed by atoms with Crippen LogP contribution in [0.25, 0.3) is 112 Å². The molecule has 0 bridgehead atoms. The van der Waals surface area contributed by atoms with Crippen molar-refractivity contribution in [3.05, 3.63) is 207 Å². The van der Waals surface area contributed by atoms with Crippen LogP contribution in [0, 0.1) is 0 Å². The molecule has 0 saturated heterocycles. The van der Waals surface area contributed by atoms with E-state index in [1.807, 2.05) is 72.8 Å². The molecule has 7 aromatic heterocycles. The molecule has 0 radical (unpaired) electrons. The fourth-order valence-electron chi connectivity index (χ4n) is 7.94. The van der Waals surface area contributed by atoms with Gasteiger partial charge >= 0.3 is 0 Å². The van der Waals surface area contributed by atoms with E-state index >= 15 is 0 Å². The molecule has 4 aromatic carbocycles. The number of rotatable bonds is 8. The number of pyridine rings is 6. The van der Waals surface area contributed by atoms with Gasteiger partial charge in [-0.2, -0.15) is 0 Å². The highest BCUT2D eigenvalue weighted by Gasteiger charge is 2.14. The maximum atomic E-state index is 4.95. The molecule has 7 nitrogen and oxygen atoms in total. The van der Waals surface area contributed by atoms with E-state index in [0.717, 1.165) is 101 Å². The molecule has 286 valence electrons. The minimum atomic E-state index is 0.807. The number of fused-ring (bicyclic) bond motifs is 3. The first-order chi connectivity index (χ1) is 30.2. The zero-order chi connectivity index (χ0) is 40.5. The van der Waals surface area contributed by atoms with Crippen LogP contribution in [0.2, 0.25) is 0 Å². The molecule has 0 fully saturated rings. The number of hydrogen-bond donors (Lipinski definition) is 1. The highest BCUT2D eigenvalue weighted by Crippen LogP contribution is 2.36. The Morgan fingerprint density at radius 1 is 0.246 bits per heavy atom. The van der Waals surface area contributed by atoms with Gasteiger partial charge in [-0.25, -0.2) is 9.97 Å². The molecule has 0 amide bonds. The van der Waals surface area contributed by atoms with E-state index in [-0.39, 0.29) is 0 Å². The Balaban J connectivity index is 0.904. The van der Waals surface area contributed by atoms with Crippen molar-refractivity contribution >= 4 is 21.8 Å². The van der Waals surface area contributed by atoms with Gasteiger partial charge in [0, 0.05) is 46.6 Å². The number of aromatic nitrogens is 7. The predicted molar refractivity (Wildman–Crippen MR) is 246 cm³/mol. The van der Waals surface area contributed by atoms with Crippen molar-refractivity contribution in [2.75, 3.05) is 0 Å². The quantitative estimate of drug-likeness (QED) is 0.165. The van der Waals surface area contributed by atoms with E-state index < -0.39 is 0 Å². The van der Waals surface area contributed by atoms with Crippen molar-refractivity contribution in [3.8, 4) is 90.1 Å². The van der Waals surface area contributed by atoms with Gasteiger partial charge in [0.1, 0.15) is 0 Å². The fourth-order valence-corrected chi connectivity index (χ4v) is 7.94. The van der Waals surface area contributed by atoms with Crippen LogP contribution in [0.15, 0.2) is 207 Å². The highest BCUT2D eigenvalue weighted by atomic mass is 14.8. The van der Waals surface area contributed by atoms with Crippen molar-refractivity contribution in [1.29, 1.82) is 0 Å². The summed E-state index contributed by atoms with van der Waals surface area (Å²) < 4.78 is 0. The van der Waals surface area contributed by atoms with Crippen LogP contribution in [0.1, 0.15) is 0 Å². The largest absolute Gasteiger partial charge is 0.355 e. The van der Waals surface area contributed by atoms with Crippen LogP contribution < -0.4 is 0 Å². The molecule has 61 heavy (non-hydrogen) atoms. The number of nitrogens with one attached hydrogen (secondary N) is 1. The van der Waals surface area contributed by atoms with Crippen molar-refractivity contribution in [2.45, 2.75) is 0 Å². The van der Waals surface area contributed by atoms with Gasteiger partial charge in [-0.3, -0.25) is 19.9 Å².